The molecule has 0 aromatic carbocycles. The van der Waals surface area contributed by atoms with E-state index in [0.717, 1.165) is 0 Å². The van der Waals surface area contributed by atoms with Crippen LogP contribution < -0.4 is 0 Å². The fraction of sp³-hybridized carbons (Fsp3) is 0. The van der Waals surface area contributed by atoms with Crippen molar-refractivity contribution in [1.29, 1.82) is 0 Å². The van der Waals surface area contributed by atoms with Gasteiger partial charge in [-0.15, -0.1) is 0 Å². The van der Waals surface area contributed by atoms with Crippen LogP contribution in [0.2, 0.25) is 0 Å². The van der Waals surface area contributed by atoms with Crippen molar-refractivity contribution in [2.75, 3.05) is 0 Å². The molecule has 0 saturated heterocycles. The van der Waals surface area contributed by atoms with E-state index in [0.29, 0.717) is 0 Å². The standard InChI is InChI=1S/Nd.H3O4P.2H2O/c;1-5(2,3)4;;/h;(H3,1,2,3,4);2*1H2. The van der Waals surface area contributed by atoms with E-state index in [1.807, 2.05) is 0 Å². The number of rotatable bonds is 0. The second-order valence-corrected chi connectivity index (χ2v) is 1.54. The Bertz CT molecular complexity index is 54.7. The number of phosphoric acid groups is 1. The molecule has 0 radical (unpaired) electrons. The molecule has 0 amide bonds. The van der Waals surface area contributed by atoms with Gasteiger partial charge in [-0.05, 0) is 0 Å². The van der Waals surface area contributed by atoms with E-state index in [1.54, 1.807) is 0 Å². The van der Waals surface area contributed by atoms with Crippen molar-refractivity contribution in [3.05, 3.63) is 0 Å². The summed E-state index contributed by atoms with van der Waals surface area (Å²) >= 11 is 0. The van der Waals surface area contributed by atoms with Gasteiger partial charge in [-0.3, -0.25) is 0 Å². The van der Waals surface area contributed by atoms with Crippen LogP contribution in [0, 0.1) is 40.8 Å². The third-order valence-electron chi connectivity index (χ3n) is 0. The SMILES string of the molecule is O.O.O=P(O)(O)O.[Nd]. The molecule has 0 atom stereocenters. The van der Waals surface area contributed by atoms with Gasteiger partial charge >= 0.3 is 7.82 Å². The van der Waals surface area contributed by atoms with E-state index in [1.165, 1.54) is 0 Å². The van der Waals surface area contributed by atoms with Crippen molar-refractivity contribution in [3.63, 3.8) is 0 Å². The zero-order valence-corrected chi connectivity index (χ0v) is 7.80. The first-order chi connectivity index (χ1) is 2.00. The van der Waals surface area contributed by atoms with E-state index in [-0.39, 0.29) is 51.8 Å². The van der Waals surface area contributed by atoms with Crippen LogP contribution in [0.5, 0.6) is 0 Å². The summed E-state index contributed by atoms with van der Waals surface area (Å²) in [6, 6.07) is 0. The molecule has 0 aromatic heterocycles. The summed E-state index contributed by atoms with van der Waals surface area (Å²) < 4.78 is 8.88. The average Bonchev–Trinajstić information content (AvgIpc) is 0.722. The van der Waals surface area contributed by atoms with Crippen LogP contribution >= 0.6 is 7.82 Å². The predicted octanol–water partition coefficient (Wildman–Crippen LogP) is -2.58. The molecule has 7 N–H and O–H groups in total. The molecule has 6 nitrogen and oxygen atoms in total. The molecule has 0 spiro atoms. The minimum Gasteiger partial charge on any atom is -0.412 e. The molecule has 0 aliphatic heterocycles. The average molecular weight is 278 g/mol. The van der Waals surface area contributed by atoms with E-state index >= 15 is 0 Å². The van der Waals surface area contributed by atoms with Gasteiger partial charge in [0.05, 0.1) is 0 Å². The van der Waals surface area contributed by atoms with Crippen LogP contribution in [0.1, 0.15) is 0 Å². The maximum Gasteiger partial charge on any atom is 0.466 e. The molecule has 0 aromatic rings. The Hall–Kier alpha value is 1.38. The van der Waals surface area contributed by atoms with Crippen LogP contribution in [-0.4, -0.2) is 25.6 Å². The summed E-state index contributed by atoms with van der Waals surface area (Å²) in [7, 11) is -4.64. The predicted molar refractivity (Wildman–Crippen MR) is 21.5 cm³/mol. The molecule has 0 bridgehead atoms. The van der Waals surface area contributed by atoms with Crippen molar-refractivity contribution >= 4 is 7.82 Å². The Balaban J connectivity index is -0.0000000267. The molecular weight excluding hydrogens is 271 g/mol. The molecule has 0 aliphatic rings. The maximum atomic E-state index is 8.88. The van der Waals surface area contributed by atoms with E-state index < -0.39 is 7.82 Å². The Morgan fingerprint density at radius 1 is 1.00 bits per heavy atom. The Labute approximate surface area is 78.3 Å². The summed E-state index contributed by atoms with van der Waals surface area (Å²) in [5.74, 6) is 0. The van der Waals surface area contributed by atoms with Crippen LogP contribution in [0.25, 0.3) is 0 Å². The smallest absolute Gasteiger partial charge is 0.412 e. The fourth-order valence-electron chi connectivity index (χ4n) is 0. The summed E-state index contributed by atoms with van der Waals surface area (Å²) in [5, 5.41) is 0. The molecule has 52 valence electrons. The summed E-state index contributed by atoms with van der Waals surface area (Å²) in [6.07, 6.45) is 0. The van der Waals surface area contributed by atoms with Gasteiger partial charge in [0.25, 0.3) is 0 Å². The minimum atomic E-state index is -4.64. The van der Waals surface area contributed by atoms with Crippen molar-refractivity contribution in [2.24, 2.45) is 0 Å². The second-order valence-electron chi connectivity index (χ2n) is 0.513. The van der Waals surface area contributed by atoms with Gasteiger partial charge in [0.15, 0.2) is 0 Å². The third-order valence-corrected chi connectivity index (χ3v) is 0. The molecule has 0 saturated carbocycles. The number of hydrogen-bond acceptors (Lipinski definition) is 1. The molecule has 0 aliphatic carbocycles. The molecule has 0 fully saturated rings. The van der Waals surface area contributed by atoms with E-state index in [4.69, 9.17) is 19.2 Å². The van der Waals surface area contributed by atoms with Crippen LogP contribution in [-0.2, 0) is 4.57 Å². The molecule has 0 heterocycles. The minimum absolute atomic E-state index is 0. The van der Waals surface area contributed by atoms with E-state index in [9.17, 15) is 0 Å². The molecule has 0 unspecified atom stereocenters. The van der Waals surface area contributed by atoms with Gasteiger partial charge in [-0.1, -0.05) is 0 Å². The van der Waals surface area contributed by atoms with Crippen molar-refractivity contribution in [2.45, 2.75) is 0 Å². The first-order valence-corrected chi connectivity index (χ1v) is 2.35. The molecule has 0 rings (SSSR count). The van der Waals surface area contributed by atoms with Gasteiger partial charge in [-0.25, -0.2) is 4.57 Å². The quantitative estimate of drug-likeness (QED) is 0.418. The summed E-state index contributed by atoms with van der Waals surface area (Å²) in [4.78, 5) is 21.6. The number of hydrogen-bond donors (Lipinski definition) is 3. The monoisotopic (exact) mass is 276 g/mol. The van der Waals surface area contributed by atoms with Gasteiger partial charge in [0.2, 0.25) is 0 Å². The van der Waals surface area contributed by atoms with Crippen LogP contribution in [0.15, 0.2) is 0 Å². The third kappa shape index (κ3) is 158. The molecule has 8 heteroatoms. The maximum absolute atomic E-state index is 8.88. The van der Waals surface area contributed by atoms with Crippen LogP contribution in [0.4, 0.5) is 0 Å². The van der Waals surface area contributed by atoms with Gasteiger partial charge in [0.1, 0.15) is 0 Å². The normalized spacial score (nSPS) is 7.38. The van der Waals surface area contributed by atoms with Crippen molar-refractivity contribution in [3.8, 4) is 0 Å². The molecular formula is H7NdO6P. The summed E-state index contributed by atoms with van der Waals surface area (Å²) in [6.45, 7) is 0. The first-order valence-electron chi connectivity index (χ1n) is 0.783. The van der Waals surface area contributed by atoms with Crippen molar-refractivity contribution in [1.82, 2.24) is 0 Å². The van der Waals surface area contributed by atoms with Gasteiger partial charge < -0.3 is 25.6 Å². The topological polar surface area (TPSA) is 141 Å². The zero-order chi connectivity index (χ0) is 4.50. The fourth-order valence-corrected chi connectivity index (χ4v) is 0. The van der Waals surface area contributed by atoms with Gasteiger partial charge in [-0.2, -0.15) is 0 Å². The second kappa shape index (κ2) is 8.38. The Morgan fingerprint density at radius 3 is 1.00 bits per heavy atom. The van der Waals surface area contributed by atoms with Crippen molar-refractivity contribution < 1.29 is 71.0 Å². The van der Waals surface area contributed by atoms with E-state index in [2.05, 4.69) is 0 Å². The Kier molecular flexibility index (Phi) is 23.8. The van der Waals surface area contributed by atoms with Crippen LogP contribution in [0.3, 0.4) is 0 Å². The first kappa shape index (κ1) is 22.8. The van der Waals surface area contributed by atoms with Gasteiger partial charge in [0, 0.05) is 40.8 Å². The largest absolute Gasteiger partial charge is 0.466 e. The Morgan fingerprint density at radius 2 is 1.00 bits per heavy atom. The molecule has 8 heavy (non-hydrogen) atoms. The zero-order valence-electron chi connectivity index (χ0n) is 3.70. The summed E-state index contributed by atoms with van der Waals surface area (Å²) in [5.41, 5.74) is 0.